The Labute approximate surface area is 78.1 Å². The topological polar surface area (TPSA) is 29.3 Å². The number of nitrogens with zero attached hydrogens (tertiary/aromatic N) is 1. The van der Waals surface area contributed by atoms with E-state index in [1.807, 2.05) is 18.7 Å². The third-order valence-electron chi connectivity index (χ3n) is 2.63. The van der Waals surface area contributed by atoms with Crippen LogP contribution >= 0.6 is 0 Å². The van der Waals surface area contributed by atoms with Crippen molar-refractivity contribution in [3.63, 3.8) is 0 Å². The van der Waals surface area contributed by atoms with Crippen LogP contribution in [0.5, 0.6) is 0 Å². The molecule has 4 heteroatoms. The van der Waals surface area contributed by atoms with Crippen LogP contribution in [0.25, 0.3) is 0 Å². The van der Waals surface area contributed by atoms with Crippen molar-refractivity contribution < 1.29 is 8.78 Å². The maximum absolute atomic E-state index is 12.4. The van der Waals surface area contributed by atoms with Crippen molar-refractivity contribution in [3.8, 4) is 0 Å². The zero-order chi connectivity index (χ0) is 10.0. The maximum atomic E-state index is 12.4. The quantitative estimate of drug-likeness (QED) is 0.714. The molecule has 0 saturated carbocycles. The fourth-order valence-corrected chi connectivity index (χ4v) is 1.82. The molecule has 0 aromatic rings. The fourth-order valence-electron chi connectivity index (χ4n) is 1.82. The lowest BCUT2D eigenvalue weighted by atomic mass is 9.94. The lowest BCUT2D eigenvalue weighted by Gasteiger charge is -2.38. The van der Waals surface area contributed by atoms with Crippen molar-refractivity contribution in [3.05, 3.63) is 0 Å². The smallest absolute Gasteiger partial charge is 0.242 e. The minimum Gasteiger partial charge on any atom is -0.327 e. The zero-order valence-corrected chi connectivity index (χ0v) is 8.21. The minimum atomic E-state index is -2.23. The van der Waals surface area contributed by atoms with Gasteiger partial charge < -0.3 is 5.73 Å². The van der Waals surface area contributed by atoms with Crippen molar-refractivity contribution in [2.45, 2.75) is 38.8 Å². The van der Waals surface area contributed by atoms with Crippen LogP contribution in [0.15, 0.2) is 0 Å². The van der Waals surface area contributed by atoms with Gasteiger partial charge >= 0.3 is 0 Å². The largest absolute Gasteiger partial charge is 0.327 e. The summed E-state index contributed by atoms with van der Waals surface area (Å²) in [5.41, 5.74) is 5.72. The van der Waals surface area contributed by atoms with Gasteiger partial charge in [-0.05, 0) is 20.3 Å². The average Bonchev–Trinajstić information content (AvgIpc) is 2.03. The molecule has 1 saturated heterocycles. The molecule has 2 N–H and O–H groups in total. The highest BCUT2D eigenvalue weighted by Crippen LogP contribution is 2.23. The van der Waals surface area contributed by atoms with E-state index in [-0.39, 0.29) is 6.04 Å². The van der Waals surface area contributed by atoms with Crippen LogP contribution in [0.1, 0.15) is 20.3 Å². The van der Waals surface area contributed by atoms with Crippen molar-refractivity contribution >= 4 is 0 Å². The van der Waals surface area contributed by atoms with Gasteiger partial charge in [0.15, 0.2) is 0 Å². The van der Waals surface area contributed by atoms with Gasteiger partial charge in [0, 0.05) is 31.1 Å². The van der Waals surface area contributed by atoms with E-state index in [2.05, 4.69) is 0 Å². The molecule has 1 rings (SSSR count). The Hall–Kier alpha value is -0.220. The molecular weight excluding hydrogens is 174 g/mol. The second-order valence-corrected chi connectivity index (χ2v) is 4.14. The molecule has 13 heavy (non-hydrogen) atoms. The molecule has 0 aromatic carbocycles. The zero-order valence-electron chi connectivity index (χ0n) is 8.21. The Morgan fingerprint density at radius 1 is 1.31 bits per heavy atom. The molecule has 0 aliphatic carbocycles. The first-order chi connectivity index (χ1) is 6.00. The summed E-state index contributed by atoms with van der Waals surface area (Å²) in [6.45, 7) is 5.27. The van der Waals surface area contributed by atoms with Crippen LogP contribution in [-0.4, -0.2) is 36.5 Å². The molecule has 2 nitrogen and oxygen atoms in total. The molecule has 0 spiro atoms. The lowest BCUT2D eigenvalue weighted by Crippen LogP contribution is -2.51. The summed E-state index contributed by atoms with van der Waals surface area (Å²) in [4.78, 5) is 2.03. The first-order valence-electron chi connectivity index (χ1n) is 4.78. The van der Waals surface area contributed by atoms with Crippen molar-refractivity contribution in [2.75, 3.05) is 13.1 Å². The van der Waals surface area contributed by atoms with Crippen molar-refractivity contribution in [1.29, 1.82) is 0 Å². The van der Waals surface area contributed by atoms with Gasteiger partial charge in [0.05, 0.1) is 0 Å². The van der Waals surface area contributed by atoms with E-state index in [0.717, 1.165) is 6.54 Å². The molecule has 1 aliphatic rings. The van der Waals surface area contributed by atoms with Gasteiger partial charge in [-0.3, -0.25) is 4.90 Å². The van der Waals surface area contributed by atoms with Crippen LogP contribution < -0.4 is 5.73 Å². The summed E-state index contributed by atoms with van der Waals surface area (Å²) in [6, 6.07) is 0.225. The fraction of sp³-hybridized carbons (Fsp3) is 1.00. The van der Waals surface area contributed by atoms with Crippen molar-refractivity contribution in [2.24, 2.45) is 11.7 Å². The Bertz CT molecular complexity index is 146. The van der Waals surface area contributed by atoms with Crippen LogP contribution in [0, 0.1) is 5.92 Å². The molecule has 0 aromatic heterocycles. The SMILES string of the molecule is CC(C)N1CC(N)CC(C(F)F)C1. The number of likely N-dealkylation sites (tertiary alicyclic amines) is 1. The number of alkyl halides is 2. The Morgan fingerprint density at radius 2 is 1.92 bits per heavy atom. The summed E-state index contributed by atoms with van der Waals surface area (Å²) < 4.78 is 24.9. The molecule has 1 fully saturated rings. The van der Waals surface area contributed by atoms with E-state index in [1.54, 1.807) is 0 Å². The van der Waals surface area contributed by atoms with Crippen LogP contribution in [-0.2, 0) is 0 Å². The summed E-state index contributed by atoms with van der Waals surface area (Å²) in [5, 5.41) is 0. The molecular formula is C9H18F2N2. The molecule has 1 aliphatic heterocycles. The number of rotatable bonds is 2. The third kappa shape index (κ3) is 2.88. The molecule has 2 atom stereocenters. The highest BCUT2D eigenvalue weighted by atomic mass is 19.3. The predicted molar refractivity (Wildman–Crippen MR) is 48.8 cm³/mol. The summed E-state index contributed by atoms with van der Waals surface area (Å²) in [7, 11) is 0. The monoisotopic (exact) mass is 192 g/mol. The van der Waals surface area contributed by atoms with Gasteiger partial charge in [-0.1, -0.05) is 0 Å². The Balaban J connectivity index is 2.52. The number of hydrogen-bond donors (Lipinski definition) is 1. The van der Waals surface area contributed by atoms with Crippen LogP contribution in [0.2, 0.25) is 0 Å². The molecule has 2 unspecified atom stereocenters. The lowest BCUT2D eigenvalue weighted by molar-refractivity contribution is 0.0121. The Kier molecular flexibility index (Phi) is 3.62. The number of hydrogen-bond acceptors (Lipinski definition) is 2. The highest BCUT2D eigenvalue weighted by molar-refractivity contribution is 4.83. The summed E-state index contributed by atoms with van der Waals surface area (Å²) in [6.07, 6.45) is -1.77. The van der Waals surface area contributed by atoms with Crippen LogP contribution in [0.4, 0.5) is 8.78 Å². The predicted octanol–water partition coefficient (Wildman–Crippen LogP) is 1.31. The second kappa shape index (κ2) is 4.33. The van der Waals surface area contributed by atoms with Gasteiger partial charge in [-0.2, -0.15) is 0 Å². The second-order valence-electron chi connectivity index (χ2n) is 4.14. The van der Waals surface area contributed by atoms with Gasteiger partial charge in [-0.25, -0.2) is 8.78 Å². The van der Waals surface area contributed by atoms with Gasteiger partial charge in [-0.15, -0.1) is 0 Å². The maximum Gasteiger partial charge on any atom is 0.242 e. The third-order valence-corrected chi connectivity index (χ3v) is 2.63. The van der Waals surface area contributed by atoms with Gasteiger partial charge in [0.25, 0.3) is 0 Å². The summed E-state index contributed by atoms with van der Waals surface area (Å²) >= 11 is 0. The Morgan fingerprint density at radius 3 is 2.38 bits per heavy atom. The molecule has 0 bridgehead atoms. The van der Waals surface area contributed by atoms with E-state index in [4.69, 9.17) is 5.73 Å². The standard InChI is InChI=1S/C9H18F2N2/c1-6(2)13-4-7(9(10)11)3-8(12)5-13/h6-9H,3-5,12H2,1-2H3. The van der Waals surface area contributed by atoms with E-state index in [0.29, 0.717) is 19.0 Å². The molecule has 1 heterocycles. The van der Waals surface area contributed by atoms with E-state index < -0.39 is 12.3 Å². The van der Waals surface area contributed by atoms with E-state index in [1.165, 1.54) is 0 Å². The molecule has 78 valence electrons. The van der Waals surface area contributed by atoms with Crippen molar-refractivity contribution in [1.82, 2.24) is 4.90 Å². The van der Waals surface area contributed by atoms with E-state index in [9.17, 15) is 8.78 Å². The highest BCUT2D eigenvalue weighted by Gasteiger charge is 2.31. The number of nitrogens with two attached hydrogens (primary N) is 1. The first kappa shape index (κ1) is 10.9. The van der Waals surface area contributed by atoms with E-state index >= 15 is 0 Å². The average molecular weight is 192 g/mol. The molecule has 0 radical (unpaired) electrons. The first-order valence-corrected chi connectivity index (χ1v) is 4.78. The number of halogens is 2. The van der Waals surface area contributed by atoms with Gasteiger partial charge in [0.2, 0.25) is 6.43 Å². The summed E-state index contributed by atoms with van der Waals surface area (Å²) in [5.74, 6) is -0.536. The minimum absolute atomic E-state index is 0.0878. The number of piperidine rings is 1. The van der Waals surface area contributed by atoms with Gasteiger partial charge in [0.1, 0.15) is 0 Å². The molecule has 0 amide bonds. The normalized spacial score (nSPS) is 31.6. The van der Waals surface area contributed by atoms with Crippen LogP contribution in [0.3, 0.4) is 0 Å².